The number of carbonyl (C=O) groups excluding carboxylic acids is 1. The Morgan fingerprint density at radius 3 is 2.33 bits per heavy atom. The summed E-state index contributed by atoms with van der Waals surface area (Å²) in [6.07, 6.45) is 2.67. The van der Waals surface area contributed by atoms with Crippen LogP contribution in [0.1, 0.15) is 42.6 Å². The van der Waals surface area contributed by atoms with E-state index in [0.717, 1.165) is 62.5 Å². The molecule has 0 radical (unpaired) electrons. The molecule has 24 heavy (non-hydrogen) atoms. The zero-order valence-corrected chi connectivity index (χ0v) is 15.4. The summed E-state index contributed by atoms with van der Waals surface area (Å²) in [5.74, 6) is 0.181. The Balaban J connectivity index is 1.46. The molecule has 0 N–H and O–H groups in total. The van der Waals surface area contributed by atoms with Gasteiger partial charge in [-0.2, -0.15) is 0 Å². The van der Waals surface area contributed by atoms with Crippen LogP contribution in [0.4, 0.5) is 0 Å². The maximum Gasteiger partial charge on any atom is 0.253 e. The lowest BCUT2D eigenvalue weighted by Gasteiger charge is -2.36. The van der Waals surface area contributed by atoms with Crippen LogP contribution in [0.15, 0.2) is 24.3 Å². The first-order valence-electron chi connectivity index (χ1n) is 9.38. The fraction of sp³-hybridized carbons (Fsp3) is 0.650. The molecule has 1 aromatic carbocycles. The molecular weight excluding hydrogens is 298 g/mol. The number of rotatable bonds is 4. The van der Waals surface area contributed by atoms with Crippen molar-refractivity contribution in [2.45, 2.75) is 45.7 Å². The van der Waals surface area contributed by atoms with Crippen molar-refractivity contribution in [2.75, 3.05) is 39.3 Å². The van der Waals surface area contributed by atoms with Gasteiger partial charge in [-0.25, -0.2) is 0 Å². The van der Waals surface area contributed by atoms with Crippen LogP contribution < -0.4 is 0 Å². The van der Waals surface area contributed by atoms with Gasteiger partial charge in [0.25, 0.3) is 5.91 Å². The van der Waals surface area contributed by atoms with E-state index in [0.29, 0.717) is 0 Å². The zero-order chi connectivity index (χ0) is 17.1. The van der Waals surface area contributed by atoms with E-state index in [1.165, 1.54) is 12.8 Å². The van der Waals surface area contributed by atoms with E-state index in [-0.39, 0.29) is 5.91 Å². The predicted octanol–water partition coefficient (Wildman–Crippen LogP) is 2.63. The van der Waals surface area contributed by atoms with Gasteiger partial charge in [0, 0.05) is 56.9 Å². The topological polar surface area (TPSA) is 26.8 Å². The highest BCUT2D eigenvalue weighted by Crippen LogP contribution is 2.23. The largest absolute Gasteiger partial charge is 0.336 e. The van der Waals surface area contributed by atoms with Crippen molar-refractivity contribution in [3.63, 3.8) is 0 Å². The van der Waals surface area contributed by atoms with E-state index in [2.05, 4.69) is 23.6 Å². The standard InChI is InChI=1S/C20H31N3O/c1-16-5-4-6-19(15-16)20(24)22-12-9-21(10-13-22)11-14-23-17(2)7-8-18(23)3/h4-6,15,17-18H,7-14H2,1-3H3/t17-,18+. The third kappa shape index (κ3) is 3.98. The number of piperazine rings is 1. The molecule has 4 heteroatoms. The lowest BCUT2D eigenvalue weighted by atomic mass is 10.1. The summed E-state index contributed by atoms with van der Waals surface area (Å²) in [5.41, 5.74) is 1.97. The van der Waals surface area contributed by atoms with Crippen LogP contribution in [0.25, 0.3) is 0 Å². The molecule has 0 aliphatic carbocycles. The first kappa shape index (κ1) is 17.4. The van der Waals surface area contributed by atoms with Gasteiger partial charge in [0.15, 0.2) is 0 Å². The molecule has 132 valence electrons. The molecule has 4 nitrogen and oxygen atoms in total. The average Bonchev–Trinajstić information content (AvgIpc) is 2.91. The molecule has 0 spiro atoms. The van der Waals surface area contributed by atoms with Crippen molar-refractivity contribution >= 4 is 5.91 Å². The van der Waals surface area contributed by atoms with Crippen LogP contribution in [0.3, 0.4) is 0 Å². The van der Waals surface area contributed by atoms with Gasteiger partial charge in [0.2, 0.25) is 0 Å². The fourth-order valence-electron chi connectivity index (χ4n) is 4.08. The summed E-state index contributed by atoms with van der Waals surface area (Å²) >= 11 is 0. The second-order valence-corrected chi connectivity index (χ2v) is 7.52. The summed E-state index contributed by atoms with van der Waals surface area (Å²) in [7, 11) is 0. The first-order chi connectivity index (χ1) is 11.5. The number of hydrogen-bond donors (Lipinski definition) is 0. The number of carbonyl (C=O) groups is 1. The molecule has 2 aliphatic heterocycles. The Kier molecular flexibility index (Phi) is 5.57. The average molecular weight is 329 g/mol. The minimum Gasteiger partial charge on any atom is -0.336 e. The highest BCUT2D eigenvalue weighted by atomic mass is 16.2. The summed E-state index contributed by atoms with van der Waals surface area (Å²) in [6, 6.07) is 9.38. The monoisotopic (exact) mass is 329 g/mol. The molecule has 2 fully saturated rings. The van der Waals surface area contributed by atoms with Crippen LogP contribution in [0.2, 0.25) is 0 Å². The van der Waals surface area contributed by atoms with Crippen molar-refractivity contribution in [3.05, 3.63) is 35.4 Å². The Hall–Kier alpha value is -1.39. The van der Waals surface area contributed by atoms with Gasteiger partial charge < -0.3 is 4.90 Å². The van der Waals surface area contributed by atoms with Crippen molar-refractivity contribution in [1.82, 2.24) is 14.7 Å². The molecule has 0 aromatic heterocycles. The first-order valence-corrected chi connectivity index (χ1v) is 9.38. The van der Waals surface area contributed by atoms with Gasteiger partial charge >= 0.3 is 0 Å². The maximum absolute atomic E-state index is 12.6. The minimum atomic E-state index is 0.181. The second-order valence-electron chi connectivity index (χ2n) is 7.52. The number of amides is 1. The van der Waals surface area contributed by atoms with Crippen LogP contribution in [0, 0.1) is 6.92 Å². The van der Waals surface area contributed by atoms with E-state index in [1.807, 2.05) is 36.1 Å². The quantitative estimate of drug-likeness (QED) is 0.850. The molecule has 3 rings (SSSR count). The molecule has 1 aromatic rings. The third-order valence-electron chi connectivity index (χ3n) is 5.73. The maximum atomic E-state index is 12.6. The minimum absolute atomic E-state index is 0.181. The zero-order valence-electron chi connectivity index (χ0n) is 15.4. The molecule has 2 atom stereocenters. The molecule has 1 amide bonds. The fourth-order valence-corrected chi connectivity index (χ4v) is 4.08. The lowest BCUT2D eigenvalue weighted by Crippen LogP contribution is -2.50. The summed E-state index contributed by atoms with van der Waals surface area (Å²) < 4.78 is 0. The van der Waals surface area contributed by atoms with Gasteiger partial charge in [-0.15, -0.1) is 0 Å². The molecule has 0 bridgehead atoms. The molecule has 0 saturated carbocycles. The van der Waals surface area contributed by atoms with Crippen molar-refractivity contribution in [3.8, 4) is 0 Å². The molecule has 2 aliphatic rings. The van der Waals surface area contributed by atoms with Crippen molar-refractivity contribution in [2.24, 2.45) is 0 Å². The third-order valence-corrected chi connectivity index (χ3v) is 5.73. The van der Waals surface area contributed by atoms with Gasteiger partial charge in [0.1, 0.15) is 0 Å². The Labute approximate surface area is 146 Å². The number of hydrogen-bond acceptors (Lipinski definition) is 3. The Bertz CT molecular complexity index is 556. The van der Waals surface area contributed by atoms with E-state index in [1.54, 1.807) is 0 Å². The molecular formula is C20H31N3O. The van der Waals surface area contributed by atoms with Crippen molar-refractivity contribution < 1.29 is 4.79 Å². The smallest absolute Gasteiger partial charge is 0.253 e. The van der Waals surface area contributed by atoms with E-state index in [4.69, 9.17) is 0 Å². The lowest BCUT2D eigenvalue weighted by molar-refractivity contribution is 0.0614. The van der Waals surface area contributed by atoms with E-state index >= 15 is 0 Å². The molecule has 0 unspecified atom stereocenters. The number of benzene rings is 1. The number of nitrogens with zero attached hydrogens (tertiary/aromatic N) is 3. The Morgan fingerprint density at radius 1 is 1.04 bits per heavy atom. The van der Waals surface area contributed by atoms with Gasteiger partial charge in [-0.3, -0.25) is 14.6 Å². The van der Waals surface area contributed by atoms with Crippen molar-refractivity contribution in [1.29, 1.82) is 0 Å². The number of aryl methyl sites for hydroxylation is 1. The van der Waals surface area contributed by atoms with Crippen LogP contribution in [0.5, 0.6) is 0 Å². The molecule has 2 saturated heterocycles. The van der Waals surface area contributed by atoms with Gasteiger partial charge in [-0.05, 0) is 45.7 Å². The summed E-state index contributed by atoms with van der Waals surface area (Å²) in [4.78, 5) is 19.8. The van der Waals surface area contributed by atoms with E-state index < -0.39 is 0 Å². The summed E-state index contributed by atoms with van der Waals surface area (Å²) in [6.45, 7) is 12.7. The van der Waals surface area contributed by atoms with Crippen LogP contribution in [-0.2, 0) is 0 Å². The summed E-state index contributed by atoms with van der Waals surface area (Å²) in [5, 5.41) is 0. The highest BCUT2D eigenvalue weighted by molar-refractivity contribution is 5.94. The van der Waals surface area contributed by atoms with Gasteiger partial charge in [-0.1, -0.05) is 17.7 Å². The molecule has 2 heterocycles. The Morgan fingerprint density at radius 2 is 1.71 bits per heavy atom. The second kappa shape index (κ2) is 7.66. The van der Waals surface area contributed by atoms with Crippen LogP contribution in [-0.4, -0.2) is 72.0 Å². The SMILES string of the molecule is Cc1cccc(C(=O)N2CCN(CCN3[C@H](C)CC[C@@H]3C)CC2)c1. The van der Waals surface area contributed by atoms with Gasteiger partial charge in [0.05, 0.1) is 0 Å². The van der Waals surface area contributed by atoms with E-state index in [9.17, 15) is 4.79 Å². The normalized spacial score (nSPS) is 26.0. The van der Waals surface area contributed by atoms with Crippen LogP contribution >= 0.6 is 0 Å². The highest BCUT2D eigenvalue weighted by Gasteiger charge is 2.28. The number of likely N-dealkylation sites (tertiary alicyclic amines) is 1. The predicted molar refractivity (Wildman–Crippen MR) is 98.4 cm³/mol.